The van der Waals surface area contributed by atoms with E-state index in [2.05, 4.69) is 20.6 Å². The molecule has 2 aliphatic heterocycles. The van der Waals surface area contributed by atoms with Gasteiger partial charge in [-0.2, -0.15) is 0 Å². The van der Waals surface area contributed by atoms with Gasteiger partial charge in [-0.25, -0.2) is 0 Å². The van der Waals surface area contributed by atoms with E-state index in [0.717, 1.165) is 16.4 Å². The maximum atomic E-state index is 6.44. The molecule has 1 spiro atoms. The van der Waals surface area contributed by atoms with Gasteiger partial charge in [-0.05, 0) is 0 Å². The summed E-state index contributed by atoms with van der Waals surface area (Å²) in [6, 6.07) is 29.2. The molecule has 134 valence electrons. The normalized spacial score (nSPS) is 20.1. The van der Waals surface area contributed by atoms with Crippen molar-refractivity contribution < 1.29 is 9.05 Å². The van der Waals surface area contributed by atoms with Gasteiger partial charge < -0.3 is 0 Å². The Bertz CT molecular complexity index is 974. The van der Waals surface area contributed by atoms with Crippen LogP contribution in [0.1, 0.15) is 11.1 Å². The predicted molar refractivity (Wildman–Crippen MR) is 107 cm³/mol. The third kappa shape index (κ3) is 2.46. The molecule has 0 saturated heterocycles. The molecule has 27 heavy (non-hydrogen) atoms. The van der Waals surface area contributed by atoms with Crippen LogP contribution in [-0.2, 0) is 9.05 Å². The Hall–Kier alpha value is -3.37. The Morgan fingerprint density at radius 2 is 0.963 bits per heavy atom. The number of nitrogens with one attached hydrogen (secondary N) is 2. The molecule has 0 aromatic heterocycles. The molecule has 7 heteroatoms. The van der Waals surface area contributed by atoms with Crippen LogP contribution < -0.4 is 15.7 Å². The maximum absolute atomic E-state index is 6.44. The van der Waals surface area contributed by atoms with Crippen LogP contribution in [0.25, 0.3) is 0 Å². The summed E-state index contributed by atoms with van der Waals surface area (Å²) in [6.45, 7) is 0. The number of hydrogen-bond acceptors (Lipinski definition) is 6. The van der Waals surface area contributed by atoms with Crippen LogP contribution in [0.5, 0.6) is 0 Å². The average molecular weight is 376 g/mol. The van der Waals surface area contributed by atoms with E-state index in [1.165, 1.54) is 0 Å². The quantitative estimate of drug-likeness (QED) is 0.687. The van der Waals surface area contributed by atoms with Crippen molar-refractivity contribution in [2.75, 3.05) is 0 Å². The first kappa shape index (κ1) is 15.9. The summed E-state index contributed by atoms with van der Waals surface area (Å²) in [5.41, 5.74) is 1.72. The number of benzene rings is 3. The zero-order chi connectivity index (χ0) is 18.2. The minimum absolute atomic E-state index is 0.467. The van der Waals surface area contributed by atoms with Crippen molar-refractivity contribution in [2.24, 2.45) is 10.2 Å². The van der Waals surface area contributed by atoms with Gasteiger partial charge in [0, 0.05) is 0 Å². The van der Waals surface area contributed by atoms with Gasteiger partial charge in [0.25, 0.3) is 0 Å². The van der Waals surface area contributed by atoms with Crippen LogP contribution in [0.4, 0.5) is 0 Å². The SMILES string of the molecule is c1ccc(C2=NNP3(c4ccccc4)(NN=C(c4ccccc4)O3)O2)cc1. The van der Waals surface area contributed by atoms with Gasteiger partial charge in [-0.1, -0.05) is 0 Å². The topological polar surface area (TPSA) is 67.2 Å². The summed E-state index contributed by atoms with van der Waals surface area (Å²) >= 11 is 0. The minimum atomic E-state index is -3.79. The van der Waals surface area contributed by atoms with Crippen molar-refractivity contribution in [1.82, 2.24) is 10.4 Å². The van der Waals surface area contributed by atoms with Crippen LogP contribution in [0.15, 0.2) is 101 Å². The van der Waals surface area contributed by atoms with E-state index < -0.39 is 7.36 Å². The van der Waals surface area contributed by atoms with E-state index >= 15 is 0 Å². The zero-order valence-corrected chi connectivity index (χ0v) is 15.2. The molecule has 3 aromatic rings. The summed E-state index contributed by atoms with van der Waals surface area (Å²) in [5, 5.41) is 16.1. The van der Waals surface area contributed by atoms with Crippen LogP contribution in [0, 0.1) is 0 Å². The van der Waals surface area contributed by atoms with Gasteiger partial charge >= 0.3 is 156 Å². The monoisotopic (exact) mass is 376 g/mol. The van der Waals surface area contributed by atoms with Crippen molar-refractivity contribution in [3.8, 4) is 0 Å². The van der Waals surface area contributed by atoms with Gasteiger partial charge in [0.1, 0.15) is 0 Å². The van der Waals surface area contributed by atoms with Gasteiger partial charge in [-0.15, -0.1) is 0 Å². The second-order valence-corrected chi connectivity index (χ2v) is 9.44. The Morgan fingerprint density at radius 3 is 1.41 bits per heavy atom. The van der Waals surface area contributed by atoms with Crippen LogP contribution in [-0.4, -0.2) is 11.8 Å². The molecule has 0 bridgehead atoms. The fourth-order valence-electron chi connectivity index (χ4n) is 3.08. The summed E-state index contributed by atoms with van der Waals surface area (Å²) in [6.07, 6.45) is 0. The van der Waals surface area contributed by atoms with Gasteiger partial charge in [0.15, 0.2) is 0 Å². The van der Waals surface area contributed by atoms with E-state index in [0.29, 0.717) is 11.8 Å². The molecular formula is C20H17N4O2P. The molecule has 6 nitrogen and oxygen atoms in total. The molecular weight excluding hydrogens is 359 g/mol. The van der Waals surface area contributed by atoms with E-state index in [1.807, 2.05) is 91.0 Å². The zero-order valence-electron chi connectivity index (χ0n) is 14.3. The number of nitrogens with zero attached hydrogens (tertiary/aromatic N) is 2. The Kier molecular flexibility index (Phi) is 3.42. The molecule has 0 atom stereocenters. The van der Waals surface area contributed by atoms with Crippen molar-refractivity contribution in [3.63, 3.8) is 0 Å². The first-order valence-electron chi connectivity index (χ1n) is 8.57. The van der Waals surface area contributed by atoms with Crippen LogP contribution in [0.2, 0.25) is 0 Å². The first-order valence-corrected chi connectivity index (χ1v) is 10.6. The molecule has 0 aliphatic carbocycles. The molecule has 3 aromatic carbocycles. The molecule has 5 rings (SSSR count). The number of hydrazone groups is 2. The second kappa shape index (κ2) is 5.83. The first-order chi connectivity index (χ1) is 13.3. The van der Waals surface area contributed by atoms with E-state index in [1.54, 1.807) is 0 Å². The fourth-order valence-corrected chi connectivity index (χ4v) is 5.98. The van der Waals surface area contributed by atoms with Crippen molar-refractivity contribution in [3.05, 3.63) is 102 Å². The molecule has 0 radical (unpaired) electrons. The second-order valence-electron chi connectivity index (χ2n) is 6.24. The van der Waals surface area contributed by atoms with E-state index in [9.17, 15) is 0 Å². The Morgan fingerprint density at radius 1 is 0.556 bits per heavy atom. The number of hydrogen-bond donors (Lipinski definition) is 2. The Labute approximate surface area is 156 Å². The fraction of sp³-hybridized carbons (Fsp3) is 0. The molecule has 0 saturated carbocycles. The van der Waals surface area contributed by atoms with Crippen LogP contribution in [0.3, 0.4) is 0 Å². The summed E-state index contributed by atoms with van der Waals surface area (Å²) in [4.78, 5) is 0. The third-order valence-electron chi connectivity index (χ3n) is 4.45. The standard InChI is InChI=1S/C20H17N4O2P/c1-4-10-16(11-5-1)19-21-23-27(25-19,18-14-8-3-9-15-18)24-22-20(26-27)17-12-6-2-7-13-17/h1-15,23-24H. The molecule has 2 aliphatic rings. The van der Waals surface area contributed by atoms with E-state index in [-0.39, 0.29) is 0 Å². The van der Waals surface area contributed by atoms with Gasteiger partial charge in [0.05, 0.1) is 0 Å². The number of rotatable bonds is 3. The van der Waals surface area contributed by atoms with Crippen molar-refractivity contribution in [2.45, 2.75) is 0 Å². The van der Waals surface area contributed by atoms with Crippen molar-refractivity contribution in [1.29, 1.82) is 0 Å². The third-order valence-corrected chi connectivity index (χ3v) is 7.66. The molecule has 0 fully saturated rings. The van der Waals surface area contributed by atoms with E-state index in [4.69, 9.17) is 9.05 Å². The van der Waals surface area contributed by atoms with Crippen LogP contribution >= 0.6 is 7.36 Å². The summed E-state index contributed by atoms with van der Waals surface area (Å²) < 4.78 is 12.9. The molecule has 0 unspecified atom stereocenters. The predicted octanol–water partition coefficient (Wildman–Crippen LogP) is 3.49. The molecule has 2 heterocycles. The molecule has 2 N–H and O–H groups in total. The Balaban J connectivity index is 1.57. The summed E-state index contributed by atoms with van der Waals surface area (Å²) in [5.74, 6) is 0.934. The average Bonchev–Trinajstić information content (AvgIpc) is 3.34. The van der Waals surface area contributed by atoms with Gasteiger partial charge in [0.2, 0.25) is 0 Å². The van der Waals surface area contributed by atoms with Crippen molar-refractivity contribution >= 4 is 24.5 Å². The van der Waals surface area contributed by atoms with Gasteiger partial charge in [-0.3, -0.25) is 0 Å². The summed E-state index contributed by atoms with van der Waals surface area (Å²) in [7, 11) is -3.79. The molecule has 0 amide bonds.